The Bertz CT molecular complexity index is 476. The lowest BCUT2D eigenvalue weighted by atomic mass is 10.0. The number of aliphatic hydroxyl groups is 2. The Labute approximate surface area is 196 Å². The highest BCUT2D eigenvalue weighted by molar-refractivity contribution is 5.86. The van der Waals surface area contributed by atoms with Crippen LogP contribution >= 0.6 is 0 Å². The first kappa shape index (κ1) is 30.6. The number of primary amides is 1. The van der Waals surface area contributed by atoms with Gasteiger partial charge in [0.1, 0.15) is 0 Å². The predicted octanol–water partition coefficient (Wildman–Crippen LogP) is 4.72. The van der Waals surface area contributed by atoms with Gasteiger partial charge in [-0.05, 0) is 12.8 Å². The molecule has 1 atom stereocenters. The van der Waals surface area contributed by atoms with Crippen molar-refractivity contribution in [2.24, 2.45) is 11.7 Å². The molecule has 4 N–H and O–H groups in total. The van der Waals surface area contributed by atoms with Gasteiger partial charge in [0.2, 0.25) is 11.8 Å². The average molecular weight is 455 g/mol. The third-order valence-electron chi connectivity index (χ3n) is 5.88. The second-order valence-electron chi connectivity index (χ2n) is 8.86. The van der Waals surface area contributed by atoms with Gasteiger partial charge in [0.15, 0.2) is 0 Å². The van der Waals surface area contributed by atoms with Gasteiger partial charge in [-0.1, -0.05) is 103 Å². The lowest BCUT2D eigenvalue weighted by molar-refractivity contribution is -0.137. The Morgan fingerprint density at radius 3 is 1.62 bits per heavy atom. The molecule has 0 heterocycles. The number of amides is 2. The molecule has 0 spiro atoms. The summed E-state index contributed by atoms with van der Waals surface area (Å²) in [6.07, 6.45) is 23.1. The summed E-state index contributed by atoms with van der Waals surface area (Å²) in [6, 6.07) is 0. The molecule has 0 aromatic heterocycles. The molecule has 0 aliphatic heterocycles. The maximum Gasteiger partial charge on any atom is 0.230 e. The zero-order valence-electron chi connectivity index (χ0n) is 20.6. The van der Waals surface area contributed by atoms with E-state index in [4.69, 9.17) is 15.9 Å². The van der Waals surface area contributed by atoms with Crippen molar-refractivity contribution >= 4 is 11.8 Å². The summed E-state index contributed by atoms with van der Waals surface area (Å²) in [4.78, 5) is 25.3. The van der Waals surface area contributed by atoms with Crippen LogP contribution in [0.5, 0.6) is 0 Å². The number of unbranched alkanes of at least 4 members (excludes halogenated alkanes) is 14. The lowest BCUT2D eigenvalue weighted by Gasteiger charge is -2.24. The minimum atomic E-state index is -0.628. The van der Waals surface area contributed by atoms with Gasteiger partial charge in [-0.2, -0.15) is 0 Å². The summed E-state index contributed by atoms with van der Waals surface area (Å²) in [5, 5.41) is 18.2. The summed E-state index contributed by atoms with van der Waals surface area (Å²) in [7, 11) is 0. The summed E-state index contributed by atoms with van der Waals surface area (Å²) >= 11 is 0. The van der Waals surface area contributed by atoms with Crippen molar-refractivity contribution in [3.05, 3.63) is 12.2 Å². The molecule has 6 heteroatoms. The number of hydrogen-bond donors (Lipinski definition) is 3. The Kier molecular flexibility index (Phi) is 21.8. The second kappa shape index (κ2) is 22.8. The monoisotopic (exact) mass is 454 g/mol. The molecule has 32 heavy (non-hydrogen) atoms. The van der Waals surface area contributed by atoms with E-state index in [0.717, 1.165) is 12.8 Å². The van der Waals surface area contributed by atoms with Crippen molar-refractivity contribution in [2.45, 2.75) is 110 Å². The summed E-state index contributed by atoms with van der Waals surface area (Å²) in [6.45, 7) is 2.18. The van der Waals surface area contributed by atoms with E-state index < -0.39 is 11.8 Å². The largest absolute Gasteiger partial charge is 0.395 e. The molecule has 1 unspecified atom stereocenters. The molecule has 0 fully saturated rings. The van der Waals surface area contributed by atoms with Crippen molar-refractivity contribution in [3.8, 4) is 0 Å². The van der Waals surface area contributed by atoms with Crippen LogP contribution < -0.4 is 5.73 Å². The highest BCUT2D eigenvalue weighted by atomic mass is 16.3. The van der Waals surface area contributed by atoms with Gasteiger partial charge in [0.25, 0.3) is 0 Å². The molecule has 0 bridgehead atoms. The number of allylic oxidation sites excluding steroid dienone is 1. The maximum atomic E-state index is 12.6. The first-order valence-corrected chi connectivity index (χ1v) is 13.0. The van der Waals surface area contributed by atoms with Crippen LogP contribution in [-0.2, 0) is 9.59 Å². The summed E-state index contributed by atoms with van der Waals surface area (Å²) in [5.41, 5.74) is 5.30. The number of hydrogen-bond acceptors (Lipinski definition) is 4. The fraction of sp³-hybridized carbons (Fsp3) is 0.846. The van der Waals surface area contributed by atoms with Crippen LogP contribution in [0.2, 0.25) is 0 Å². The van der Waals surface area contributed by atoms with E-state index in [9.17, 15) is 9.59 Å². The molecule has 188 valence electrons. The van der Waals surface area contributed by atoms with E-state index in [0.29, 0.717) is 0 Å². The highest BCUT2D eigenvalue weighted by Gasteiger charge is 2.23. The van der Waals surface area contributed by atoms with Crippen LogP contribution in [-0.4, -0.2) is 53.2 Å². The Hall–Kier alpha value is -1.40. The normalized spacial score (nSPS) is 12.3. The van der Waals surface area contributed by atoms with E-state index >= 15 is 0 Å². The predicted molar refractivity (Wildman–Crippen MR) is 132 cm³/mol. The zero-order valence-corrected chi connectivity index (χ0v) is 20.6. The molecule has 2 amide bonds. The first-order chi connectivity index (χ1) is 15.6. The lowest BCUT2D eigenvalue weighted by Crippen LogP contribution is -2.40. The number of rotatable bonds is 23. The van der Waals surface area contributed by atoms with Crippen molar-refractivity contribution < 1.29 is 19.8 Å². The van der Waals surface area contributed by atoms with Crippen LogP contribution in [0.4, 0.5) is 0 Å². The Balaban J connectivity index is 3.89. The molecule has 6 nitrogen and oxygen atoms in total. The third-order valence-corrected chi connectivity index (χ3v) is 5.88. The Morgan fingerprint density at radius 2 is 1.22 bits per heavy atom. The van der Waals surface area contributed by atoms with E-state index in [1.54, 1.807) is 6.08 Å². The van der Waals surface area contributed by atoms with Crippen LogP contribution in [0.3, 0.4) is 0 Å². The number of aliphatic hydroxyl groups excluding tert-OH is 2. The van der Waals surface area contributed by atoms with Crippen molar-refractivity contribution in [2.75, 3.05) is 26.3 Å². The molecular weight excluding hydrogens is 404 g/mol. The van der Waals surface area contributed by atoms with Crippen molar-refractivity contribution in [3.63, 3.8) is 0 Å². The smallest absolute Gasteiger partial charge is 0.230 e. The number of nitrogens with two attached hydrogens (primary N) is 1. The number of carbonyl (C=O) groups excluding carboxylic acids is 2. The van der Waals surface area contributed by atoms with Gasteiger partial charge in [0.05, 0.1) is 19.1 Å². The minimum Gasteiger partial charge on any atom is -0.395 e. The average Bonchev–Trinajstić information content (AvgIpc) is 2.77. The third kappa shape index (κ3) is 18.2. The molecule has 0 saturated heterocycles. The minimum absolute atomic E-state index is 0.0541. The summed E-state index contributed by atoms with van der Waals surface area (Å²) in [5.74, 6) is -1.43. The van der Waals surface area contributed by atoms with Crippen LogP contribution in [0, 0.1) is 5.92 Å². The quantitative estimate of drug-likeness (QED) is 0.153. The van der Waals surface area contributed by atoms with Crippen molar-refractivity contribution in [1.29, 1.82) is 0 Å². The van der Waals surface area contributed by atoms with E-state index in [1.807, 2.05) is 6.08 Å². The first-order valence-electron chi connectivity index (χ1n) is 13.0. The van der Waals surface area contributed by atoms with E-state index in [1.165, 1.54) is 88.4 Å². The molecule has 0 aliphatic rings. The molecule has 0 rings (SSSR count). The zero-order chi connectivity index (χ0) is 23.9. The Morgan fingerprint density at radius 1 is 0.781 bits per heavy atom. The maximum absolute atomic E-state index is 12.6. The molecule has 0 aliphatic carbocycles. The molecule has 0 radical (unpaired) electrons. The summed E-state index contributed by atoms with van der Waals surface area (Å²) < 4.78 is 0. The van der Waals surface area contributed by atoms with Crippen LogP contribution in [0.15, 0.2) is 12.2 Å². The second-order valence-corrected chi connectivity index (χ2v) is 8.86. The topological polar surface area (TPSA) is 104 Å². The van der Waals surface area contributed by atoms with Crippen molar-refractivity contribution in [1.82, 2.24) is 4.90 Å². The molecular formula is C26H50N2O4. The van der Waals surface area contributed by atoms with Gasteiger partial charge in [0, 0.05) is 19.5 Å². The highest BCUT2D eigenvalue weighted by Crippen LogP contribution is 2.15. The molecule has 0 aromatic rings. The van der Waals surface area contributed by atoms with E-state index in [2.05, 4.69) is 6.92 Å². The van der Waals surface area contributed by atoms with E-state index in [-0.39, 0.29) is 38.6 Å². The van der Waals surface area contributed by atoms with Crippen LogP contribution in [0.1, 0.15) is 110 Å². The van der Waals surface area contributed by atoms with Gasteiger partial charge in [-0.3, -0.25) is 9.59 Å². The van der Waals surface area contributed by atoms with Gasteiger partial charge in [-0.25, -0.2) is 0 Å². The van der Waals surface area contributed by atoms with Crippen LogP contribution in [0.25, 0.3) is 0 Å². The fourth-order valence-electron chi connectivity index (χ4n) is 3.98. The standard InChI is InChI=1S/C26H50N2O4/c1-2-3-4-5-6-7-8-9-10-11-12-13-14-15-16-17-18-24(23-25(27)31)26(32)28(19-21-29)20-22-30/h17-18,24,29-30H,2-16,19-23H2,1H3,(H2,27,31). The molecule has 0 saturated carbocycles. The van der Waals surface area contributed by atoms with Gasteiger partial charge < -0.3 is 20.8 Å². The van der Waals surface area contributed by atoms with Gasteiger partial charge >= 0.3 is 0 Å². The molecule has 0 aromatic carbocycles. The SMILES string of the molecule is CCCCCCCCCCCCCCCCC=CC(CC(N)=O)C(=O)N(CCO)CCO. The van der Waals surface area contributed by atoms with Gasteiger partial charge in [-0.15, -0.1) is 0 Å². The number of nitrogens with zero attached hydrogens (tertiary/aromatic N) is 1. The fourth-order valence-corrected chi connectivity index (χ4v) is 3.98. The number of carbonyl (C=O) groups is 2.